The fraction of sp³-hybridized carbons (Fsp3) is 0.222. The molecule has 1 aliphatic heterocycles. The van der Waals surface area contributed by atoms with Gasteiger partial charge in [0.1, 0.15) is 17.8 Å². The van der Waals surface area contributed by atoms with E-state index in [2.05, 4.69) is 46.2 Å². The molecule has 2 aromatic carbocycles. The number of rotatable bonds is 5. The fourth-order valence-electron chi connectivity index (χ4n) is 5.08. The number of amides is 3. The summed E-state index contributed by atoms with van der Waals surface area (Å²) in [5.74, 6) is -2.06. The van der Waals surface area contributed by atoms with E-state index in [0.29, 0.717) is 38.9 Å². The molecule has 1 fully saturated rings. The molecule has 16 heteroatoms. The van der Waals surface area contributed by atoms with E-state index in [9.17, 15) is 24.6 Å². The lowest BCUT2D eigenvalue weighted by Gasteiger charge is -2.20. The lowest BCUT2D eigenvalue weighted by atomic mass is 10.0. The number of aliphatic hydroxyl groups is 2. The Morgan fingerprint density at radius 2 is 2.09 bits per heavy atom. The second kappa shape index (κ2) is 10.9. The average molecular weight is 606 g/mol. The second-order valence-corrected chi connectivity index (χ2v) is 10.5. The molecule has 6 rings (SSSR count). The molecule has 0 radical (unpaired) electrons. The van der Waals surface area contributed by atoms with Crippen LogP contribution in [0, 0.1) is 5.92 Å². The Balaban J connectivity index is 1.30. The van der Waals surface area contributed by atoms with E-state index in [1.165, 1.54) is 42.5 Å². The van der Waals surface area contributed by atoms with Crippen LogP contribution in [0.1, 0.15) is 23.9 Å². The summed E-state index contributed by atoms with van der Waals surface area (Å²) < 4.78 is 6.05. The van der Waals surface area contributed by atoms with Crippen LogP contribution < -0.4 is 16.0 Å². The number of aliphatic hydroxyl groups excluding tert-OH is 1. The Morgan fingerprint density at radius 3 is 2.86 bits per heavy atom. The molecule has 4 atom stereocenters. The van der Waals surface area contributed by atoms with Gasteiger partial charge in [-0.1, -0.05) is 11.6 Å². The number of hydrogen-bond acceptors (Lipinski definition) is 10. The van der Waals surface area contributed by atoms with E-state index < -0.39 is 41.6 Å². The number of tetrazole rings is 1. The summed E-state index contributed by atoms with van der Waals surface area (Å²) in [5, 5.41) is 41.5. The summed E-state index contributed by atoms with van der Waals surface area (Å²) in [4.78, 5) is 45.6. The molecule has 220 valence electrons. The third kappa shape index (κ3) is 5.43. The van der Waals surface area contributed by atoms with Crippen LogP contribution in [-0.2, 0) is 14.3 Å². The molecule has 1 aliphatic carbocycles. The van der Waals surface area contributed by atoms with Crippen molar-refractivity contribution in [2.45, 2.75) is 24.2 Å². The molecule has 15 nitrogen and oxygen atoms in total. The van der Waals surface area contributed by atoms with Crippen LogP contribution in [-0.4, -0.2) is 77.1 Å². The highest BCUT2D eigenvalue weighted by Gasteiger charge is 2.68. The number of ether oxygens (including phenoxy) is 1. The van der Waals surface area contributed by atoms with Gasteiger partial charge in [-0.25, -0.2) is 9.78 Å². The van der Waals surface area contributed by atoms with Crippen LogP contribution in [0.25, 0.3) is 23.0 Å². The maximum atomic E-state index is 13.2. The van der Waals surface area contributed by atoms with Gasteiger partial charge in [-0.3, -0.25) is 14.9 Å². The number of nitrogens with zero attached hydrogens (tertiary/aromatic N) is 5. The molecule has 1 saturated carbocycles. The van der Waals surface area contributed by atoms with Crippen molar-refractivity contribution in [1.82, 2.24) is 35.5 Å². The summed E-state index contributed by atoms with van der Waals surface area (Å²) in [5.41, 5.74) is 0.945. The van der Waals surface area contributed by atoms with Crippen LogP contribution in [0.5, 0.6) is 0 Å². The van der Waals surface area contributed by atoms with Crippen LogP contribution in [0.3, 0.4) is 0 Å². The zero-order chi connectivity index (χ0) is 30.3. The number of imidazole rings is 1. The van der Waals surface area contributed by atoms with Gasteiger partial charge in [-0.15, -0.1) is 5.10 Å². The van der Waals surface area contributed by atoms with Crippen molar-refractivity contribution < 1.29 is 29.3 Å². The van der Waals surface area contributed by atoms with Gasteiger partial charge in [0.05, 0.1) is 48.4 Å². The molecule has 2 aliphatic rings. The van der Waals surface area contributed by atoms with Gasteiger partial charge in [-0.05, 0) is 52.9 Å². The number of aromatic amines is 1. The van der Waals surface area contributed by atoms with Crippen molar-refractivity contribution in [3.63, 3.8) is 0 Å². The normalized spacial score (nSPS) is 22.5. The number of methoxy groups -OCH3 is 1. The molecule has 43 heavy (non-hydrogen) atoms. The Kier molecular flexibility index (Phi) is 7.13. The van der Waals surface area contributed by atoms with Crippen LogP contribution >= 0.6 is 11.6 Å². The summed E-state index contributed by atoms with van der Waals surface area (Å²) in [6, 6.07) is 8.86. The third-order valence-electron chi connectivity index (χ3n) is 7.31. The lowest BCUT2D eigenvalue weighted by Crippen LogP contribution is -2.33. The third-order valence-corrected chi connectivity index (χ3v) is 7.55. The quantitative estimate of drug-likeness (QED) is 0.182. The van der Waals surface area contributed by atoms with Crippen molar-refractivity contribution in [1.29, 1.82) is 0 Å². The van der Waals surface area contributed by atoms with Gasteiger partial charge in [0, 0.05) is 34.3 Å². The summed E-state index contributed by atoms with van der Waals surface area (Å²) >= 11 is 6.17. The van der Waals surface area contributed by atoms with Crippen molar-refractivity contribution in [3.05, 3.63) is 71.4 Å². The maximum Gasteiger partial charge on any atom is 0.411 e. The molecule has 2 unspecified atom stereocenters. The Hall–Kier alpha value is -5.12. The highest BCUT2D eigenvalue weighted by atomic mass is 35.5. The molecule has 2 aromatic heterocycles. The number of H-pyrrole nitrogens is 1. The number of fused-ring (bicyclic) bond motifs is 5. The van der Waals surface area contributed by atoms with Gasteiger partial charge in [0.25, 0.3) is 0 Å². The maximum absolute atomic E-state index is 13.2. The number of aromatic nitrogens is 6. The first-order valence-corrected chi connectivity index (χ1v) is 13.3. The Bertz CT molecular complexity index is 1760. The molecule has 3 amide bonds. The number of nitrogens with one attached hydrogen (secondary N) is 4. The van der Waals surface area contributed by atoms with Crippen molar-refractivity contribution in [2.24, 2.45) is 5.92 Å². The minimum absolute atomic E-state index is 0.211. The summed E-state index contributed by atoms with van der Waals surface area (Å²) in [6.45, 7) is 0. The molecule has 0 spiro atoms. The standard InChI is InChI=1S/C27H24ClN9O6/c1-43-26(41)31-15-4-5-16-17(9-15)34-25(40)22-23(39)27(22,42)10-18(24-29-11-19(16)33-24)32-21(38)7-2-13-8-14(28)3-6-20(13)37-12-30-35-36-37/h2-9,11-12,18,22-23,39,42H,10H2,1H3,(H,29,33)(H,31,41)(H,32,38)(H,34,40)/b7-2+/t18-,22?,23?,27+/m0/s1. The molecule has 2 bridgehead atoms. The van der Waals surface area contributed by atoms with Crippen LogP contribution in [0.2, 0.25) is 5.02 Å². The molecular weight excluding hydrogens is 582 g/mol. The summed E-state index contributed by atoms with van der Waals surface area (Å²) in [7, 11) is 1.22. The Morgan fingerprint density at radius 1 is 1.26 bits per heavy atom. The molecule has 4 aromatic rings. The second-order valence-electron chi connectivity index (χ2n) is 10.0. The van der Waals surface area contributed by atoms with Crippen molar-refractivity contribution in [3.8, 4) is 16.9 Å². The minimum Gasteiger partial charge on any atom is -0.453 e. The lowest BCUT2D eigenvalue weighted by molar-refractivity contribution is -0.119. The number of carbonyl (C=O) groups excluding carboxylic acids is 3. The van der Waals surface area contributed by atoms with Gasteiger partial charge in [0.15, 0.2) is 0 Å². The van der Waals surface area contributed by atoms with E-state index in [-0.39, 0.29) is 12.2 Å². The van der Waals surface area contributed by atoms with Crippen LogP contribution in [0.15, 0.2) is 55.0 Å². The first-order valence-electron chi connectivity index (χ1n) is 12.9. The number of carbonyl (C=O) groups is 3. The fourth-order valence-corrected chi connectivity index (χ4v) is 5.26. The van der Waals surface area contributed by atoms with Gasteiger partial charge in [-0.2, -0.15) is 4.68 Å². The number of anilines is 2. The molecule has 0 saturated heterocycles. The van der Waals surface area contributed by atoms with Gasteiger partial charge in [0.2, 0.25) is 11.8 Å². The largest absolute Gasteiger partial charge is 0.453 e. The highest BCUT2D eigenvalue weighted by molar-refractivity contribution is 6.30. The molecule has 3 heterocycles. The predicted octanol–water partition coefficient (Wildman–Crippen LogP) is 1.82. The number of hydrogen-bond donors (Lipinski definition) is 6. The topological polar surface area (TPSA) is 209 Å². The van der Waals surface area contributed by atoms with E-state index in [1.807, 2.05) is 0 Å². The molecule has 6 N–H and O–H groups in total. The zero-order valence-corrected chi connectivity index (χ0v) is 23.1. The van der Waals surface area contributed by atoms with Crippen LogP contribution in [0.4, 0.5) is 16.2 Å². The highest BCUT2D eigenvalue weighted by Crippen LogP contribution is 2.50. The van der Waals surface area contributed by atoms with E-state index in [4.69, 9.17) is 11.6 Å². The molecular formula is C27H24ClN9O6. The SMILES string of the molecule is COC(=O)Nc1ccc2c(c1)NC(=O)C1C(O)[C@@]1(O)C[C@H](NC(=O)/C=C/c1cc(Cl)ccc1-n1cnnn1)c1ncc-2[nH]1. The van der Waals surface area contributed by atoms with E-state index in [0.717, 1.165) is 0 Å². The van der Waals surface area contributed by atoms with Crippen molar-refractivity contribution in [2.75, 3.05) is 17.7 Å². The first-order chi connectivity index (χ1) is 20.7. The number of halogens is 1. The van der Waals surface area contributed by atoms with Gasteiger partial charge < -0.3 is 30.6 Å². The average Bonchev–Trinajstić information content (AvgIpc) is 3.45. The smallest absolute Gasteiger partial charge is 0.411 e. The Labute approximate surface area is 247 Å². The van der Waals surface area contributed by atoms with E-state index in [1.54, 1.807) is 30.3 Å². The van der Waals surface area contributed by atoms with Gasteiger partial charge >= 0.3 is 6.09 Å². The minimum atomic E-state index is -1.84. The summed E-state index contributed by atoms with van der Waals surface area (Å²) in [6.07, 6.45) is 3.42. The van der Waals surface area contributed by atoms with E-state index >= 15 is 0 Å². The zero-order valence-electron chi connectivity index (χ0n) is 22.4. The first kappa shape index (κ1) is 28.0. The predicted molar refractivity (Wildman–Crippen MR) is 152 cm³/mol. The number of benzene rings is 2. The van der Waals surface area contributed by atoms with Crippen molar-refractivity contribution >= 4 is 47.0 Å². The monoisotopic (exact) mass is 605 g/mol.